The van der Waals surface area contributed by atoms with Crippen LogP contribution in [-0.4, -0.2) is 69.3 Å². The fourth-order valence-electron chi connectivity index (χ4n) is 3.35. The Balaban J connectivity index is 3.71. The zero-order chi connectivity index (χ0) is 27.1. The van der Waals surface area contributed by atoms with Gasteiger partial charge in [0.25, 0.3) is 7.82 Å². The molecule has 0 rings (SSSR count). The molecule has 214 valence electrons. The number of nitrogens with zero attached hydrogens (tertiary/aromatic N) is 1. The number of phosphoric ester groups is 1. The molecule has 10 heteroatoms. The van der Waals surface area contributed by atoms with Gasteiger partial charge in [-0.05, 0) is 32.1 Å². The molecule has 2 unspecified atom stereocenters. The number of hydrogen-bond acceptors (Lipinski definition) is 8. The zero-order valence-corrected chi connectivity index (χ0v) is 24.1. The number of esters is 1. The molecule has 0 aliphatic heterocycles. The molecule has 0 aromatic carbocycles. The van der Waals surface area contributed by atoms with Gasteiger partial charge in [-0.3, -0.25) is 14.6 Å². The normalized spacial score (nSPS) is 14.7. The van der Waals surface area contributed by atoms with Crippen LogP contribution in [0.3, 0.4) is 0 Å². The van der Waals surface area contributed by atoms with E-state index in [1.165, 1.54) is 44.9 Å². The number of allylic oxidation sites excluding steroid dienone is 2. The van der Waals surface area contributed by atoms with Crippen LogP contribution in [0.5, 0.6) is 0 Å². The summed E-state index contributed by atoms with van der Waals surface area (Å²) in [6.07, 6.45) is 19.1. The molecular formula is C26H52NO8P. The van der Waals surface area contributed by atoms with Crippen LogP contribution < -0.4 is 4.89 Å². The molecule has 9 nitrogen and oxygen atoms in total. The van der Waals surface area contributed by atoms with Crippen molar-refractivity contribution in [2.75, 3.05) is 47.5 Å². The minimum absolute atomic E-state index is 0.0279. The molecule has 0 saturated heterocycles. The summed E-state index contributed by atoms with van der Waals surface area (Å²) in [7, 11) is 1.18. The van der Waals surface area contributed by atoms with E-state index in [2.05, 4.69) is 24.0 Å². The first-order valence-corrected chi connectivity index (χ1v) is 15.1. The van der Waals surface area contributed by atoms with E-state index < -0.39 is 26.5 Å². The lowest BCUT2D eigenvalue weighted by atomic mass is 10.1. The lowest BCUT2D eigenvalue weighted by Crippen LogP contribution is -2.37. The third kappa shape index (κ3) is 24.9. The number of hydrogen-bond donors (Lipinski definition) is 1. The van der Waals surface area contributed by atoms with Crippen LogP contribution in [-0.2, 0) is 28.0 Å². The van der Waals surface area contributed by atoms with Crippen LogP contribution in [0.2, 0.25) is 0 Å². The minimum atomic E-state index is -4.54. The maximum Gasteiger partial charge on any atom is 0.305 e. The van der Waals surface area contributed by atoms with Gasteiger partial charge in [-0.2, -0.15) is 0 Å². The molecule has 0 radical (unpaired) electrons. The molecule has 0 aromatic heterocycles. The number of likely N-dealkylation sites (N-methyl/N-ethyl adjacent to an activating group) is 1. The van der Waals surface area contributed by atoms with Crippen LogP contribution in [0.15, 0.2) is 12.2 Å². The fraction of sp³-hybridized carbons (Fsp3) is 0.885. The summed E-state index contributed by atoms with van der Waals surface area (Å²) in [5.74, 6) is -0.417. The second-order valence-corrected chi connectivity index (χ2v) is 11.7. The van der Waals surface area contributed by atoms with Crippen molar-refractivity contribution in [3.05, 3.63) is 12.2 Å². The van der Waals surface area contributed by atoms with E-state index in [9.17, 15) is 14.3 Å². The summed E-state index contributed by atoms with van der Waals surface area (Å²) in [6.45, 7) is 1.87. The Morgan fingerprint density at radius 3 is 2.00 bits per heavy atom. The average Bonchev–Trinajstić information content (AvgIpc) is 2.80. The molecule has 0 amide bonds. The monoisotopic (exact) mass is 537 g/mol. The van der Waals surface area contributed by atoms with Crippen LogP contribution >= 0.6 is 7.82 Å². The molecule has 0 spiro atoms. The first-order valence-electron chi connectivity index (χ1n) is 13.6. The highest BCUT2D eigenvalue weighted by Crippen LogP contribution is 2.38. The highest BCUT2D eigenvalue weighted by molar-refractivity contribution is 7.45. The Morgan fingerprint density at radius 1 is 0.889 bits per heavy atom. The van der Waals surface area contributed by atoms with E-state index in [1.54, 1.807) is 0 Å². The van der Waals surface area contributed by atoms with Crippen molar-refractivity contribution >= 4 is 13.8 Å². The van der Waals surface area contributed by atoms with Gasteiger partial charge in [0.1, 0.15) is 19.8 Å². The zero-order valence-electron chi connectivity index (χ0n) is 23.2. The number of ether oxygens (including phenoxy) is 1. The van der Waals surface area contributed by atoms with E-state index in [0.717, 1.165) is 38.5 Å². The second-order valence-electron chi connectivity index (χ2n) is 10.3. The SMILES string of the molecule is CCCCCCCC/C=C\CCCCCCCC(=O)OCC(COP(=O)([O-])OCC[N+](C)(C)C)OO. The van der Waals surface area contributed by atoms with Gasteiger partial charge in [-0.15, -0.1) is 0 Å². The highest BCUT2D eigenvalue weighted by Gasteiger charge is 2.19. The van der Waals surface area contributed by atoms with E-state index in [1.807, 2.05) is 21.1 Å². The predicted molar refractivity (Wildman–Crippen MR) is 140 cm³/mol. The number of carbonyl (C=O) groups is 1. The lowest BCUT2D eigenvalue weighted by molar-refractivity contribution is -0.870. The van der Waals surface area contributed by atoms with Crippen molar-refractivity contribution in [2.24, 2.45) is 0 Å². The van der Waals surface area contributed by atoms with Crippen LogP contribution in [0, 0.1) is 0 Å². The fourth-order valence-corrected chi connectivity index (χ4v) is 4.07. The van der Waals surface area contributed by atoms with E-state index >= 15 is 0 Å². The number of rotatable bonds is 25. The Kier molecular flexibility index (Phi) is 21.7. The highest BCUT2D eigenvalue weighted by atomic mass is 31.2. The van der Waals surface area contributed by atoms with E-state index in [4.69, 9.17) is 19.0 Å². The van der Waals surface area contributed by atoms with E-state index in [-0.39, 0.29) is 19.6 Å². The summed E-state index contributed by atoms with van der Waals surface area (Å²) in [5.41, 5.74) is 0. The summed E-state index contributed by atoms with van der Waals surface area (Å²) >= 11 is 0. The Bertz CT molecular complexity index is 609. The molecule has 1 N–H and O–H groups in total. The third-order valence-electron chi connectivity index (χ3n) is 5.65. The quantitative estimate of drug-likeness (QED) is 0.0303. The molecule has 0 aromatic rings. The van der Waals surface area contributed by atoms with Crippen molar-refractivity contribution in [1.82, 2.24) is 0 Å². The number of phosphoric acid groups is 1. The first-order chi connectivity index (χ1) is 17.1. The summed E-state index contributed by atoms with van der Waals surface area (Å²) in [5, 5.41) is 8.92. The van der Waals surface area contributed by atoms with Gasteiger partial charge in [0.05, 0.1) is 27.7 Å². The predicted octanol–water partition coefficient (Wildman–Crippen LogP) is 5.63. The van der Waals surface area contributed by atoms with Crippen molar-refractivity contribution in [2.45, 2.75) is 103 Å². The summed E-state index contributed by atoms with van der Waals surface area (Å²) < 4.78 is 26.9. The van der Waals surface area contributed by atoms with E-state index in [0.29, 0.717) is 11.0 Å². The smallest absolute Gasteiger partial charge is 0.305 e. The molecule has 0 saturated carbocycles. The molecule has 0 aliphatic rings. The Labute approximate surface area is 219 Å². The molecule has 0 heterocycles. The van der Waals surface area contributed by atoms with Gasteiger partial charge < -0.3 is 23.2 Å². The second kappa shape index (κ2) is 22.2. The topological polar surface area (TPSA) is 114 Å². The maximum atomic E-state index is 11.9. The molecule has 0 bridgehead atoms. The Morgan fingerprint density at radius 2 is 1.44 bits per heavy atom. The van der Waals surface area contributed by atoms with Gasteiger partial charge in [-0.25, -0.2) is 4.89 Å². The lowest BCUT2D eigenvalue weighted by Gasteiger charge is -2.27. The molecule has 0 fully saturated rings. The summed E-state index contributed by atoms with van der Waals surface area (Å²) in [6, 6.07) is 0. The number of carbonyl (C=O) groups excluding carboxylic acids is 1. The molecule has 36 heavy (non-hydrogen) atoms. The average molecular weight is 538 g/mol. The van der Waals surface area contributed by atoms with Crippen molar-refractivity contribution in [3.63, 3.8) is 0 Å². The minimum Gasteiger partial charge on any atom is -0.756 e. The summed E-state index contributed by atoms with van der Waals surface area (Å²) in [4.78, 5) is 27.8. The number of unbranched alkanes of at least 4 members (excludes halogenated alkanes) is 11. The van der Waals surface area contributed by atoms with Crippen molar-refractivity contribution in [1.29, 1.82) is 0 Å². The third-order valence-corrected chi connectivity index (χ3v) is 6.62. The first kappa shape index (κ1) is 35.2. The van der Waals surface area contributed by atoms with Crippen molar-refractivity contribution in [3.8, 4) is 0 Å². The number of quaternary nitrogens is 1. The largest absolute Gasteiger partial charge is 0.756 e. The van der Waals surface area contributed by atoms with Gasteiger partial charge >= 0.3 is 5.97 Å². The standard InChI is InChI=1S/C26H52NO8P/c1-5-6-7-8-9-10-11-12-13-14-15-16-17-18-19-20-26(28)32-23-25(35-29)24-34-36(30,31)33-22-21-27(2,3)4/h12-13,25H,5-11,14-24H2,1-4H3,(H-,29,30,31)/b13-12-. The van der Waals surface area contributed by atoms with Crippen LogP contribution in [0.1, 0.15) is 96.8 Å². The van der Waals surface area contributed by atoms with Gasteiger partial charge in [0.15, 0.2) is 6.10 Å². The molecular weight excluding hydrogens is 485 g/mol. The maximum absolute atomic E-state index is 11.9. The van der Waals surface area contributed by atoms with Crippen molar-refractivity contribution < 1.29 is 42.7 Å². The van der Waals surface area contributed by atoms with Crippen LogP contribution in [0.4, 0.5) is 0 Å². The Hall–Kier alpha value is -0.800. The van der Waals surface area contributed by atoms with Crippen LogP contribution in [0.25, 0.3) is 0 Å². The van der Waals surface area contributed by atoms with Gasteiger partial charge in [-0.1, -0.05) is 70.4 Å². The molecule has 2 atom stereocenters. The molecule has 0 aliphatic carbocycles. The van der Waals surface area contributed by atoms with Gasteiger partial charge in [0, 0.05) is 6.42 Å². The van der Waals surface area contributed by atoms with Gasteiger partial charge in [0.2, 0.25) is 0 Å².